The van der Waals surface area contributed by atoms with Gasteiger partial charge in [0.25, 0.3) is 0 Å². The van der Waals surface area contributed by atoms with E-state index < -0.39 is 0 Å². The van der Waals surface area contributed by atoms with E-state index >= 15 is 0 Å². The zero-order chi connectivity index (χ0) is 89.5. The fourth-order valence-corrected chi connectivity index (χ4v) is 19.3. The Morgan fingerprint density at radius 1 is 0.189 bits per heavy atom. The van der Waals surface area contributed by atoms with Gasteiger partial charge >= 0.3 is 0 Å². The van der Waals surface area contributed by atoms with Crippen molar-refractivity contribution in [3.63, 3.8) is 0 Å². The Kier molecular flexibility index (Phi) is 20.1. The number of aromatic nitrogens is 5. The van der Waals surface area contributed by atoms with Crippen LogP contribution < -0.4 is 37.9 Å². The van der Waals surface area contributed by atoms with Crippen LogP contribution in [0.2, 0.25) is 0 Å². The summed E-state index contributed by atoms with van der Waals surface area (Å²) in [6.07, 6.45) is 1.84. The molecule has 0 saturated carbocycles. The number of nitriles is 2. The van der Waals surface area contributed by atoms with Crippen molar-refractivity contribution < 1.29 is 37.9 Å². The lowest BCUT2D eigenvalue weighted by Gasteiger charge is -2.29. The van der Waals surface area contributed by atoms with E-state index in [0.717, 1.165) is 222 Å². The van der Waals surface area contributed by atoms with E-state index in [-0.39, 0.29) is 5.69 Å². The second-order valence-electron chi connectivity index (χ2n) is 32.8. The zero-order valence-electron chi connectivity index (χ0n) is 73.5. The van der Waals surface area contributed by atoms with Crippen LogP contribution in [0.1, 0.15) is 11.3 Å². The number of methoxy groups -OCH3 is 8. The topological polar surface area (TPSA) is 154 Å². The molecule has 132 heavy (non-hydrogen) atoms. The first kappa shape index (κ1) is 80.3. The summed E-state index contributed by atoms with van der Waals surface area (Å²) in [5.41, 5.74) is 26.3. The molecule has 5 heterocycles. The molecule has 15 nitrogen and oxygen atoms in total. The lowest BCUT2D eigenvalue weighted by molar-refractivity contribution is 0.415. The van der Waals surface area contributed by atoms with E-state index in [1.807, 2.05) is 115 Å². The van der Waals surface area contributed by atoms with E-state index in [0.29, 0.717) is 39.4 Å². The van der Waals surface area contributed by atoms with Crippen LogP contribution in [0.4, 0.5) is 0 Å². The lowest BCUT2D eigenvalue weighted by atomic mass is 9.93. The summed E-state index contributed by atoms with van der Waals surface area (Å²) in [5.74, 6) is 5.89. The first-order valence-corrected chi connectivity index (χ1v) is 43.4. The van der Waals surface area contributed by atoms with Crippen LogP contribution in [-0.4, -0.2) is 80.1 Å². The first-order valence-electron chi connectivity index (χ1n) is 43.4. The molecular weight excluding hydrogens is 1630 g/mol. The third-order valence-corrected chi connectivity index (χ3v) is 26.0. The van der Waals surface area contributed by atoms with Crippen molar-refractivity contribution in [1.29, 1.82) is 10.5 Å². The molecule has 17 aromatic carbocycles. The predicted octanol–water partition coefficient (Wildman–Crippen LogP) is 28.3. The third kappa shape index (κ3) is 13.6. The average Bonchev–Trinajstić information content (AvgIpc) is 1.51. The largest absolute Gasteiger partial charge is 0.497 e. The molecule has 0 N–H and O–H groups in total. The van der Waals surface area contributed by atoms with Gasteiger partial charge in [-0.25, -0.2) is 4.98 Å². The fraction of sp³-hybridized carbons (Fsp3) is 0.0684. The summed E-state index contributed by atoms with van der Waals surface area (Å²) >= 11 is 0. The van der Waals surface area contributed by atoms with Gasteiger partial charge in [0.2, 0.25) is 0 Å². The van der Waals surface area contributed by atoms with Crippen LogP contribution in [0.5, 0.6) is 46.0 Å². The van der Waals surface area contributed by atoms with E-state index in [2.05, 4.69) is 273 Å². The molecule has 0 bridgehead atoms. The molecule has 0 spiro atoms. The highest BCUT2D eigenvalue weighted by Crippen LogP contribution is 2.55. The minimum absolute atomic E-state index is 0.212. The van der Waals surface area contributed by atoms with E-state index in [9.17, 15) is 10.5 Å². The Labute approximate surface area is 761 Å². The number of hydrogen-bond acceptors (Lipinski definition) is 11. The average molecular weight is 1710 g/mol. The maximum Gasteiger partial charge on any atom is 0.140 e. The van der Waals surface area contributed by atoms with Crippen LogP contribution in [0.15, 0.2) is 358 Å². The highest BCUT2D eigenvalue weighted by Gasteiger charge is 2.37. The summed E-state index contributed by atoms with van der Waals surface area (Å²) in [5, 5.41) is 32.8. The number of nitrogens with zero attached hydrogens (tertiary/aromatic N) is 7. The molecule has 0 atom stereocenters. The molecular formula is C117H83N7O8. The second kappa shape index (κ2) is 33.0. The van der Waals surface area contributed by atoms with Crippen LogP contribution in [0, 0.1) is 22.7 Å². The molecule has 634 valence electrons. The Hall–Kier alpha value is -17.5. The number of hydrogen-bond donors (Lipinski definition) is 0. The number of pyridine rings is 1. The minimum atomic E-state index is 0.212. The van der Waals surface area contributed by atoms with Gasteiger partial charge in [-0.05, 0) is 295 Å². The minimum Gasteiger partial charge on any atom is -0.497 e. The first-order chi connectivity index (χ1) is 64.9. The van der Waals surface area contributed by atoms with Gasteiger partial charge in [0, 0.05) is 60.4 Å². The van der Waals surface area contributed by atoms with Gasteiger partial charge in [-0.15, -0.1) is 0 Å². The number of benzene rings is 17. The Morgan fingerprint density at radius 3 is 0.508 bits per heavy atom. The maximum absolute atomic E-state index is 14.2. The van der Waals surface area contributed by atoms with Gasteiger partial charge in [0.1, 0.15) is 69.4 Å². The van der Waals surface area contributed by atoms with Crippen molar-refractivity contribution >= 4 is 87.2 Å². The Morgan fingerprint density at radius 2 is 0.356 bits per heavy atom. The van der Waals surface area contributed by atoms with Crippen LogP contribution in [0.3, 0.4) is 0 Å². The van der Waals surface area contributed by atoms with Crippen molar-refractivity contribution in [2.45, 2.75) is 0 Å². The molecule has 22 aromatic rings. The molecule has 0 fully saturated rings. The smallest absolute Gasteiger partial charge is 0.140 e. The van der Waals surface area contributed by atoms with Crippen LogP contribution >= 0.6 is 0 Å². The molecule has 0 saturated heterocycles. The van der Waals surface area contributed by atoms with Crippen molar-refractivity contribution in [1.82, 2.24) is 23.3 Å². The molecule has 15 heteroatoms. The normalized spacial score (nSPS) is 11.5. The van der Waals surface area contributed by atoms with Crippen molar-refractivity contribution in [3.8, 4) is 181 Å². The fourth-order valence-electron chi connectivity index (χ4n) is 19.3. The molecule has 0 aliphatic rings. The lowest BCUT2D eigenvalue weighted by Crippen LogP contribution is -2.16. The second-order valence-corrected chi connectivity index (χ2v) is 32.8. The summed E-state index contributed by atoms with van der Waals surface area (Å²) in [4.78, 5) is 5.20. The molecule has 0 amide bonds. The zero-order valence-corrected chi connectivity index (χ0v) is 73.5. The number of fused-ring (bicyclic) bond motifs is 12. The van der Waals surface area contributed by atoms with E-state index in [1.165, 1.54) is 0 Å². The van der Waals surface area contributed by atoms with Gasteiger partial charge in [0.05, 0.1) is 124 Å². The van der Waals surface area contributed by atoms with Crippen molar-refractivity contribution in [2.75, 3.05) is 56.9 Å². The Bertz CT molecular complexity index is 7560. The van der Waals surface area contributed by atoms with E-state index in [1.54, 1.807) is 56.9 Å². The van der Waals surface area contributed by atoms with Crippen LogP contribution in [0.25, 0.3) is 210 Å². The van der Waals surface area contributed by atoms with Gasteiger partial charge in [-0.3, -0.25) is 0 Å². The van der Waals surface area contributed by atoms with Gasteiger partial charge in [-0.1, -0.05) is 146 Å². The quantitative estimate of drug-likeness (QED) is 0.0675. The predicted molar refractivity (Wildman–Crippen MR) is 532 cm³/mol. The molecule has 0 aliphatic heterocycles. The highest BCUT2D eigenvalue weighted by atomic mass is 16.5. The van der Waals surface area contributed by atoms with Gasteiger partial charge < -0.3 is 56.2 Å². The van der Waals surface area contributed by atoms with Crippen LogP contribution in [-0.2, 0) is 0 Å². The molecule has 0 aliphatic carbocycles. The highest BCUT2D eigenvalue weighted by molar-refractivity contribution is 6.20. The molecule has 0 radical (unpaired) electrons. The SMILES string of the molecule is COc1ccc(-c2ccc3c(c2)c2cc(-c4ccc(OC)cc4)ccc2n3-c2c(C#N)c(-n3c4ccc(-c5ccc(OC)cc5)cc4c4cc(-c5ccc(OC)cc5)ccc43)c(-n3c4ccc(-c5ccc(OC)cc5)cc4c4cc(-c5ccc(OC)cc5)ccc43)c(-c3ccc(C#N)nc3)c2-n2c3ccc(-c4ccc(OC)cc4)cc3c3cc(-c4ccc(OC)cc4)ccc32)cc1. The van der Waals surface area contributed by atoms with E-state index in [4.69, 9.17) is 42.9 Å². The summed E-state index contributed by atoms with van der Waals surface area (Å²) in [7, 11) is 13.5. The third-order valence-electron chi connectivity index (χ3n) is 26.0. The Balaban J connectivity index is 0.991. The summed E-state index contributed by atoms with van der Waals surface area (Å²) in [6, 6.07) is 129. The number of ether oxygens (including phenoxy) is 8. The standard InChI is InChI=1S/C117H83N7O8/c1-125-88-35-10-70(11-36-88)78-26-51-105-96(59-78)97-60-79(71-12-37-89(126-2)38-13-71)27-52-106(97)121(105)114-104(68-119)115(122-107-53-28-80(72-14-39-90(127-3)40-15-72)61-98(107)99-62-81(29-54-108(99)122)73-16-41-91(128-4)42-17-73)117(124-111-57-32-84(76-22-47-94(131-7)48-23-76)65-102(111)103-66-85(33-58-112(103)124)77-24-49-95(132-8)50-25-77)113(86-9-34-87(67-118)120-69-86)116(114)123-109-55-30-82(74-18-43-92(129-5)44-19-74)63-100(109)101-64-83(31-56-110(101)123)75-20-45-93(130-6)46-21-75/h9-66,69H,1-8H3. The molecule has 22 rings (SSSR count). The summed E-state index contributed by atoms with van der Waals surface area (Å²) in [6.45, 7) is 0. The van der Waals surface area contributed by atoms with Crippen molar-refractivity contribution in [3.05, 3.63) is 369 Å². The molecule has 0 unspecified atom stereocenters. The monoisotopic (exact) mass is 1710 g/mol. The van der Waals surface area contributed by atoms with Gasteiger partial charge in [0.15, 0.2) is 0 Å². The summed E-state index contributed by atoms with van der Waals surface area (Å²) < 4.78 is 55.8. The van der Waals surface area contributed by atoms with Gasteiger partial charge in [-0.2, -0.15) is 10.5 Å². The maximum atomic E-state index is 14.2. The molecule has 5 aromatic heterocycles. The number of rotatable bonds is 21. The van der Waals surface area contributed by atoms with Crippen molar-refractivity contribution in [2.24, 2.45) is 0 Å².